The Morgan fingerprint density at radius 2 is 1.84 bits per heavy atom. The van der Waals surface area contributed by atoms with E-state index in [1.165, 1.54) is 5.56 Å². The summed E-state index contributed by atoms with van der Waals surface area (Å²) >= 11 is 4.76. The molecule has 2 aromatic carbocycles. The third-order valence-corrected chi connectivity index (χ3v) is 6.36. The molecule has 0 atom stereocenters. The zero-order chi connectivity index (χ0) is 22.1. The van der Waals surface area contributed by atoms with Crippen LogP contribution < -0.4 is 10.5 Å². The molecular weight excluding hydrogens is 422 g/mol. The lowest BCUT2D eigenvalue weighted by molar-refractivity contribution is 0.0303. The summed E-state index contributed by atoms with van der Waals surface area (Å²) in [6.45, 7) is 3.07. The first-order valence-corrected chi connectivity index (χ1v) is 11.2. The lowest BCUT2D eigenvalue weighted by Crippen LogP contribution is -2.40. The number of anilines is 1. The molecule has 0 aliphatic carbocycles. The van der Waals surface area contributed by atoms with Crippen molar-refractivity contribution in [3.05, 3.63) is 70.9 Å². The Morgan fingerprint density at radius 1 is 1.06 bits per heavy atom. The lowest BCUT2D eigenvalue weighted by atomic mass is 9.96. The molecule has 1 fully saturated rings. The molecule has 7 heteroatoms. The molecule has 1 saturated heterocycles. The van der Waals surface area contributed by atoms with Gasteiger partial charge in [-0.2, -0.15) is 0 Å². The van der Waals surface area contributed by atoms with Gasteiger partial charge in [-0.05, 0) is 35.4 Å². The molecule has 0 radical (unpaired) electrons. The molecule has 0 bridgehead atoms. The first-order valence-electron chi connectivity index (χ1n) is 10.7. The zero-order valence-electron chi connectivity index (χ0n) is 17.6. The molecule has 2 aliphatic heterocycles. The van der Waals surface area contributed by atoms with E-state index in [0.29, 0.717) is 44.3 Å². The molecule has 5 rings (SSSR count). The Balaban J connectivity index is 1.48. The van der Waals surface area contributed by atoms with Gasteiger partial charge in [0.05, 0.1) is 19.8 Å². The topological polar surface area (TPSA) is 80.6 Å². The first-order chi connectivity index (χ1) is 15.6. The summed E-state index contributed by atoms with van der Waals surface area (Å²) in [5.41, 5.74) is 12.0. The number of nitrogens with zero attached hydrogens (tertiary/aromatic N) is 1. The molecular formula is C25H25N3O3S. The number of aromatic nitrogens is 1. The maximum atomic E-state index is 12.9. The number of H-pyrrole nitrogens is 1. The highest BCUT2D eigenvalue weighted by Gasteiger charge is 2.21. The average molecular weight is 448 g/mol. The lowest BCUT2D eigenvalue weighted by Gasteiger charge is -2.27. The number of nitrogens with two attached hydrogens (primary N) is 1. The van der Waals surface area contributed by atoms with Crippen LogP contribution in [0.15, 0.2) is 48.7 Å². The second kappa shape index (κ2) is 8.76. The van der Waals surface area contributed by atoms with Gasteiger partial charge in [0.1, 0.15) is 11.6 Å². The summed E-state index contributed by atoms with van der Waals surface area (Å²) in [7, 11) is 0. The SMILES string of the molecule is Nc1[nH]cc(-c2cccc3c2CCO3)c1/C=C(\S)c1cccc(C(=O)N2CCOCC2)c1. The summed E-state index contributed by atoms with van der Waals surface area (Å²) in [5.74, 6) is 1.51. The van der Waals surface area contributed by atoms with Crippen LogP contribution in [-0.2, 0) is 11.2 Å². The number of carbonyl (C=O) groups is 1. The fourth-order valence-corrected chi connectivity index (χ4v) is 4.55. The summed E-state index contributed by atoms with van der Waals surface area (Å²) in [6, 6.07) is 13.6. The van der Waals surface area contributed by atoms with E-state index in [9.17, 15) is 4.79 Å². The van der Waals surface area contributed by atoms with E-state index < -0.39 is 0 Å². The fourth-order valence-electron chi connectivity index (χ4n) is 4.28. The molecule has 1 amide bonds. The van der Waals surface area contributed by atoms with Crippen molar-refractivity contribution in [2.45, 2.75) is 6.42 Å². The minimum Gasteiger partial charge on any atom is -0.493 e. The monoisotopic (exact) mass is 447 g/mol. The van der Waals surface area contributed by atoms with Crippen molar-refractivity contribution in [1.82, 2.24) is 9.88 Å². The highest BCUT2D eigenvalue weighted by Crippen LogP contribution is 2.39. The largest absolute Gasteiger partial charge is 0.493 e. The fraction of sp³-hybridized carbons (Fsp3) is 0.240. The number of benzene rings is 2. The van der Waals surface area contributed by atoms with Gasteiger partial charge in [0.2, 0.25) is 0 Å². The van der Waals surface area contributed by atoms with Crippen LogP contribution in [0, 0.1) is 0 Å². The van der Waals surface area contributed by atoms with E-state index in [-0.39, 0.29) is 5.91 Å². The van der Waals surface area contributed by atoms with E-state index in [1.807, 2.05) is 53.6 Å². The summed E-state index contributed by atoms with van der Waals surface area (Å²) < 4.78 is 11.1. The normalized spacial score (nSPS) is 16.0. The van der Waals surface area contributed by atoms with E-state index >= 15 is 0 Å². The Bertz CT molecular complexity index is 1190. The number of amides is 1. The highest BCUT2D eigenvalue weighted by molar-refractivity contribution is 7.90. The maximum Gasteiger partial charge on any atom is 0.254 e. The van der Waals surface area contributed by atoms with Crippen LogP contribution in [0.4, 0.5) is 5.82 Å². The van der Waals surface area contributed by atoms with E-state index in [1.54, 1.807) is 0 Å². The van der Waals surface area contributed by atoms with Gasteiger partial charge in [0.15, 0.2) is 0 Å². The molecule has 3 N–H and O–H groups in total. The molecule has 32 heavy (non-hydrogen) atoms. The Morgan fingerprint density at radius 3 is 2.69 bits per heavy atom. The number of carbonyl (C=O) groups excluding carboxylic acids is 1. The van der Waals surface area contributed by atoms with Crippen molar-refractivity contribution in [3.63, 3.8) is 0 Å². The van der Waals surface area contributed by atoms with E-state index in [0.717, 1.165) is 39.3 Å². The Hall–Kier alpha value is -3.16. The highest BCUT2D eigenvalue weighted by atomic mass is 32.1. The van der Waals surface area contributed by atoms with Crippen molar-refractivity contribution in [1.29, 1.82) is 0 Å². The second-order valence-corrected chi connectivity index (χ2v) is 8.41. The van der Waals surface area contributed by atoms with Crippen LogP contribution in [0.3, 0.4) is 0 Å². The number of fused-ring (bicyclic) bond motifs is 1. The first kappa shape index (κ1) is 20.7. The number of thiol groups is 1. The molecule has 0 saturated carbocycles. The molecule has 164 valence electrons. The second-order valence-electron chi connectivity index (χ2n) is 7.93. The van der Waals surface area contributed by atoms with Gasteiger partial charge in [-0.15, -0.1) is 12.6 Å². The number of aromatic amines is 1. The average Bonchev–Trinajstić information content (AvgIpc) is 3.46. The van der Waals surface area contributed by atoms with Crippen molar-refractivity contribution in [3.8, 4) is 16.9 Å². The van der Waals surface area contributed by atoms with E-state index in [2.05, 4.69) is 11.1 Å². The summed E-state index contributed by atoms with van der Waals surface area (Å²) in [5, 5.41) is 0. The third kappa shape index (κ3) is 3.89. The number of ether oxygens (including phenoxy) is 2. The molecule has 0 spiro atoms. The number of hydrogen-bond donors (Lipinski definition) is 3. The van der Waals surface area contributed by atoms with Crippen molar-refractivity contribution in [2.24, 2.45) is 0 Å². The van der Waals surface area contributed by atoms with Gasteiger partial charge in [-0.25, -0.2) is 0 Å². The van der Waals surface area contributed by atoms with E-state index in [4.69, 9.17) is 27.8 Å². The number of nitrogens with one attached hydrogen (secondary N) is 1. The van der Waals surface area contributed by atoms with Crippen LogP contribution in [0.5, 0.6) is 5.75 Å². The standard InChI is InChI=1S/C25H25N3O3S/c26-24-20(21(15-27-24)18-5-2-6-22-19(18)7-10-31-22)14-23(32)16-3-1-4-17(13-16)25(29)28-8-11-30-12-9-28/h1-6,13-15,27,32H,7-12,26H2/b23-14-. The minimum atomic E-state index is 0.0120. The van der Waals surface area contributed by atoms with Gasteiger partial charge in [-0.1, -0.05) is 24.3 Å². The number of morpholine rings is 1. The van der Waals surface area contributed by atoms with Gasteiger partial charge in [0, 0.05) is 52.9 Å². The van der Waals surface area contributed by atoms with Gasteiger partial charge < -0.3 is 25.1 Å². The summed E-state index contributed by atoms with van der Waals surface area (Å²) in [6.07, 6.45) is 4.76. The molecule has 0 unspecified atom stereocenters. The van der Waals surface area contributed by atoms with Crippen LogP contribution in [-0.4, -0.2) is 48.7 Å². The Kier molecular flexibility index (Phi) is 5.68. The molecule has 1 aromatic heterocycles. The predicted molar refractivity (Wildman–Crippen MR) is 130 cm³/mol. The van der Waals surface area contributed by atoms with Crippen LogP contribution in [0.2, 0.25) is 0 Å². The van der Waals surface area contributed by atoms with Crippen LogP contribution >= 0.6 is 12.6 Å². The van der Waals surface area contributed by atoms with Crippen LogP contribution in [0.25, 0.3) is 22.1 Å². The van der Waals surface area contributed by atoms with Gasteiger partial charge in [-0.3, -0.25) is 4.79 Å². The maximum absolute atomic E-state index is 12.9. The number of nitrogen functional groups attached to an aromatic ring is 1. The molecule has 6 nitrogen and oxygen atoms in total. The molecule has 3 aromatic rings. The van der Waals surface area contributed by atoms with Gasteiger partial charge in [0.25, 0.3) is 5.91 Å². The zero-order valence-corrected chi connectivity index (χ0v) is 18.5. The summed E-state index contributed by atoms with van der Waals surface area (Å²) in [4.78, 5) is 18.6. The Labute approximate surface area is 192 Å². The van der Waals surface area contributed by atoms with Crippen molar-refractivity contribution >= 4 is 35.3 Å². The van der Waals surface area contributed by atoms with Crippen molar-refractivity contribution in [2.75, 3.05) is 38.6 Å². The third-order valence-electron chi connectivity index (χ3n) is 5.97. The minimum absolute atomic E-state index is 0.0120. The molecule has 2 aliphatic rings. The molecule has 3 heterocycles. The van der Waals surface area contributed by atoms with Crippen molar-refractivity contribution < 1.29 is 14.3 Å². The number of rotatable bonds is 4. The van der Waals surface area contributed by atoms with Crippen LogP contribution in [0.1, 0.15) is 27.0 Å². The predicted octanol–water partition coefficient (Wildman–Crippen LogP) is 4.10. The van der Waals surface area contributed by atoms with Gasteiger partial charge >= 0.3 is 0 Å². The quantitative estimate of drug-likeness (QED) is 0.526. The number of hydrogen-bond acceptors (Lipinski definition) is 5. The smallest absolute Gasteiger partial charge is 0.254 e.